The minimum Gasteiger partial charge on any atom is -0.380 e. The molecule has 0 N–H and O–H groups in total. The highest BCUT2D eigenvalue weighted by Crippen LogP contribution is 2.02. The second kappa shape index (κ2) is 8.08. The van der Waals surface area contributed by atoms with Crippen LogP contribution in [0.5, 0.6) is 0 Å². The van der Waals surface area contributed by atoms with Gasteiger partial charge < -0.3 is 4.74 Å². The van der Waals surface area contributed by atoms with Gasteiger partial charge >= 0.3 is 0 Å². The van der Waals surface area contributed by atoms with E-state index in [0.717, 1.165) is 32.5 Å². The van der Waals surface area contributed by atoms with Crippen LogP contribution in [0.1, 0.15) is 25.3 Å². The Labute approximate surface area is 92.5 Å². The molecule has 80 valence electrons. The molecule has 0 saturated carbocycles. The molecule has 15 heavy (non-hydrogen) atoms. The van der Waals surface area contributed by atoms with Crippen LogP contribution < -0.4 is 0 Å². The van der Waals surface area contributed by atoms with E-state index in [9.17, 15) is 0 Å². The summed E-state index contributed by atoms with van der Waals surface area (Å²) in [6, 6.07) is 10.5. The van der Waals surface area contributed by atoms with E-state index in [1.165, 1.54) is 5.56 Å². The molecular formula is C14H18O. The Hall–Kier alpha value is -1.26. The second-order valence-corrected chi connectivity index (χ2v) is 3.38. The number of rotatable bonds is 6. The van der Waals surface area contributed by atoms with E-state index in [-0.39, 0.29) is 0 Å². The van der Waals surface area contributed by atoms with Crippen LogP contribution in [0.25, 0.3) is 0 Å². The normalized spacial score (nSPS) is 9.40. The van der Waals surface area contributed by atoms with Crippen molar-refractivity contribution in [1.82, 2.24) is 0 Å². The lowest BCUT2D eigenvalue weighted by Gasteiger charge is -2.02. The van der Waals surface area contributed by atoms with Crippen LogP contribution in [0, 0.1) is 11.8 Å². The Morgan fingerprint density at radius 1 is 1.13 bits per heavy atom. The zero-order chi connectivity index (χ0) is 10.8. The Bertz CT molecular complexity index is 305. The highest BCUT2D eigenvalue weighted by molar-refractivity contribution is 5.14. The van der Waals surface area contributed by atoms with E-state index in [1.54, 1.807) is 0 Å². The third-order valence-electron chi connectivity index (χ3n) is 2.15. The molecule has 1 heteroatoms. The minimum absolute atomic E-state index is 0.760. The van der Waals surface area contributed by atoms with Gasteiger partial charge in [-0.05, 0) is 25.3 Å². The molecule has 0 aliphatic carbocycles. The highest BCUT2D eigenvalue weighted by Gasteiger charge is 1.91. The Kier molecular flexibility index (Phi) is 6.36. The van der Waals surface area contributed by atoms with Crippen molar-refractivity contribution in [2.24, 2.45) is 0 Å². The fourth-order valence-electron chi connectivity index (χ4n) is 1.37. The summed E-state index contributed by atoms with van der Waals surface area (Å²) in [6.45, 7) is 3.45. The van der Waals surface area contributed by atoms with Crippen molar-refractivity contribution in [1.29, 1.82) is 0 Å². The Balaban J connectivity index is 1.99. The molecule has 1 aromatic carbocycles. The van der Waals surface area contributed by atoms with Gasteiger partial charge in [0.15, 0.2) is 0 Å². The quantitative estimate of drug-likeness (QED) is 0.509. The first kappa shape index (κ1) is 11.8. The molecule has 0 unspecified atom stereocenters. The van der Waals surface area contributed by atoms with E-state index in [0.29, 0.717) is 0 Å². The summed E-state index contributed by atoms with van der Waals surface area (Å²) in [6.07, 6.45) is 3.03. The molecule has 1 nitrogen and oxygen atoms in total. The van der Waals surface area contributed by atoms with E-state index < -0.39 is 0 Å². The van der Waals surface area contributed by atoms with Crippen molar-refractivity contribution in [2.75, 3.05) is 13.2 Å². The largest absolute Gasteiger partial charge is 0.380 e. The monoisotopic (exact) mass is 202 g/mol. The summed E-state index contributed by atoms with van der Waals surface area (Å²) in [5, 5.41) is 0. The first-order chi connectivity index (χ1) is 7.43. The number of aryl methyl sites for hydroxylation is 1. The second-order valence-electron chi connectivity index (χ2n) is 3.38. The van der Waals surface area contributed by atoms with E-state index in [2.05, 4.69) is 36.1 Å². The number of hydrogen-bond donors (Lipinski definition) is 0. The van der Waals surface area contributed by atoms with Gasteiger partial charge in [0.2, 0.25) is 0 Å². The molecule has 1 rings (SSSR count). The maximum atomic E-state index is 5.45. The zero-order valence-corrected chi connectivity index (χ0v) is 9.33. The summed E-state index contributed by atoms with van der Waals surface area (Å²) in [4.78, 5) is 0. The van der Waals surface area contributed by atoms with Gasteiger partial charge in [-0.1, -0.05) is 30.3 Å². The predicted molar refractivity (Wildman–Crippen MR) is 63.6 cm³/mol. The summed E-state index contributed by atoms with van der Waals surface area (Å²) in [5.41, 5.74) is 1.38. The smallest absolute Gasteiger partial charge is 0.0575 e. The number of ether oxygens (including phenoxy) is 1. The lowest BCUT2D eigenvalue weighted by Crippen LogP contribution is -1.97. The van der Waals surface area contributed by atoms with Gasteiger partial charge in [0, 0.05) is 13.0 Å². The van der Waals surface area contributed by atoms with Crippen molar-refractivity contribution in [3.63, 3.8) is 0 Å². The topological polar surface area (TPSA) is 9.23 Å². The zero-order valence-electron chi connectivity index (χ0n) is 9.33. The van der Waals surface area contributed by atoms with Gasteiger partial charge in [-0.3, -0.25) is 0 Å². The number of benzene rings is 1. The fraction of sp³-hybridized carbons (Fsp3) is 0.429. The minimum atomic E-state index is 0.760. The lowest BCUT2D eigenvalue weighted by molar-refractivity contribution is 0.137. The molecule has 0 radical (unpaired) electrons. The lowest BCUT2D eigenvalue weighted by atomic mass is 10.1. The van der Waals surface area contributed by atoms with Crippen LogP contribution in [-0.4, -0.2) is 13.2 Å². The molecule has 0 fully saturated rings. The van der Waals surface area contributed by atoms with Crippen LogP contribution in [0.2, 0.25) is 0 Å². The molecule has 0 heterocycles. The summed E-state index contributed by atoms with van der Waals surface area (Å²) >= 11 is 0. The maximum absolute atomic E-state index is 5.45. The highest BCUT2D eigenvalue weighted by atomic mass is 16.5. The Morgan fingerprint density at radius 2 is 1.93 bits per heavy atom. The van der Waals surface area contributed by atoms with E-state index in [4.69, 9.17) is 4.74 Å². The molecular weight excluding hydrogens is 184 g/mol. The fourth-order valence-corrected chi connectivity index (χ4v) is 1.37. The van der Waals surface area contributed by atoms with Crippen molar-refractivity contribution < 1.29 is 4.74 Å². The van der Waals surface area contributed by atoms with Crippen molar-refractivity contribution in [3.8, 4) is 11.8 Å². The van der Waals surface area contributed by atoms with Gasteiger partial charge in [-0.2, -0.15) is 0 Å². The van der Waals surface area contributed by atoms with Gasteiger partial charge in [-0.15, -0.1) is 11.8 Å². The average Bonchev–Trinajstić information content (AvgIpc) is 2.29. The SMILES string of the molecule is CC#CCCOCCCc1ccccc1. The van der Waals surface area contributed by atoms with Crippen LogP contribution in [0.15, 0.2) is 30.3 Å². The van der Waals surface area contributed by atoms with Crippen LogP contribution in [-0.2, 0) is 11.2 Å². The molecule has 1 aromatic rings. The van der Waals surface area contributed by atoms with Crippen LogP contribution in [0.4, 0.5) is 0 Å². The van der Waals surface area contributed by atoms with Gasteiger partial charge in [0.25, 0.3) is 0 Å². The molecule has 0 spiro atoms. The van der Waals surface area contributed by atoms with Gasteiger partial charge in [0.05, 0.1) is 6.61 Å². The third-order valence-corrected chi connectivity index (χ3v) is 2.15. The van der Waals surface area contributed by atoms with Gasteiger partial charge in [-0.25, -0.2) is 0 Å². The molecule has 0 aliphatic heterocycles. The summed E-state index contributed by atoms with van der Waals surface area (Å²) < 4.78 is 5.45. The molecule has 0 saturated heterocycles. The van der Waals surface area contributed by atoms with E-state index in [1.807, 2.05) is 13.0 Å². The Morgan fingerprint density at radius 3 is 2.67 bits per heavy atom. The third kappa shape index (κ3) is 5.93. The maximum Gasteiger partial charge on any atom is 0.0575 e. The summed E-state index contributed by atoms with van der Waals surface area (Å²) in [5.74, 6) is 5.84. The molecule has 0 amide bonds. The van der Waals surface area contributed by atoms with E-state index >= 15 is 0 Å². The first-order valence-electron chi connectivity index (χ1n) is 5.45. The standard InChI is InChI=1S/C14H18O/c1-2-3-7-12-15-13-8-11-14-9-5-4-6-10-14/h4-6,9-10H,7-8,11-13H2,1H3. The van der Waals surface area contributed by atoms with Crippen molar-refractivity contribution in [2.45, 2.75) is 26.2 Å². The van der Waals surface area contributed by atoms with Crippen LogP contribution in [0.3, 0.4) is 0 Å². The first-order valence-corrected chi connectivity index (χ1v) is 5.45. The predicted octanol–water partition coefficient (Wildman–Crippen LogP) is 3.05. The molecule has 0 aliphatic rings. The van der Waals surface area contributed by atoms with Crippen molar-refractivity contribution in [3.05, 3.63) is 35.9 Å². The molecule has 0 atom stereocenters. The van der Waals surface area contributed by atoms with Gasteiger partial charge in [0.1, 0.15) is 0 Å². The summed E-state index contributed by atoms with van der Waals surface area (Å²) in [7, 11) is 0. The molecule has 0 aromatic heterocycles. The average molecular weight is 202 g/mol. The number of hydrogen-bond acceptors (Lipinski definition) is 1. The van der Waals surface area contributed by atoms with Crippen LogP contribution >= 0.6 is 0 Å². The molecule has 0 bridgehead atoms. The van der Waals surface area contributed by atoms with Crippen molar-refractivity contribution >= 4 is 0 Å².